The van der Waals surface area contributed by atoms with Crippen molar-refractivity contribution >= 4 is 38.3 Å². The molecule has 3 aromatic rings. The van der Waals surface area contributed by atoms with Crippen molar-refractivity contribution in [3.05, 3.63) is 63.2 Å². The van der Waals surface area contributed by atoms with Gasteiger partial charge in [-0.25, -0.2) is 4.98 Å². The van der Waals surface area contributed by atoms with Gasteiger partial charge in [-0.15, -0.1) is 0 Å². The van der Waals surface area contributed by atoms with Gasteiger partial charge in [-0.3, -0.25) is 19.8 Å². The number of aromatic nitrogens is 1. The first-order valence-electron chi connectivity index (χ1n) is 9.35. The van der Waals surface area contributed by atoms with E-state index in [-0.39, 0.29) is 17.2 Å². The van der Waals surface area contributed by atoms with Crippen LogP contribution in [0.3, 0.4) is 0 Å². The second kappa shape index (κ2) is 8.67. The van der Waals surface area contributed by atoms with Crippen molar-refractivity contribution < 1.29 is 9.72 Å². The zero-order chi connectivity index (χ0) is 21.1. The Bertz CT molecular complexity index is 1020. The number of nitrogens with zero attached hydrogens (tertiary/aromatic N) is 4. The third kappa shape index (κ3) is 4.78. The van der Waals surface area contributed by atoms with Gasteiger partial charge in [0.2, 0.25) is 0 Å². The van der Waals surface area contributed by atoms with Crippen LogP contribution in [0.15, 0.2) is 36.4 Å². The maximum Gasteiger partial charge on any atom is 0.270 e. The van der Waals surface area contributed by atoms with Gasteiger partial charge in [0.25, 0.3) is 11.6 Å². The Labute approximate surface area is 173 Å². The molecular weight excluding hydrogens is 388 g/mol. The van der Waals surface area contributed by atoms with Crippen LogP contribution in [0.4, 0.5) is 10.8 Å². The molecule has 7 nitrogen and oxygen atoms in total. The highest BCUT2D eigenvalue weighted by molar-refractivity contribution is 7.22. The number of non-ortho nitro benzene ring substituents is 1. The minimum atomic E-state index is -0.490. The quantitative estimate of drug-likeness (QED) is 0.424. The molecule has 1 amide bonds. The monoisotopic (exact) mass is 412 g/mol. The van der Waals surface area contributed by atoms with E-state index in [2.05, 4.69) is 17.9 Å². The third-order valence-electron chi connectivity index (χ3n) is 4.76. The smallest absolute Gasteiger partial charge is 0.270 e. The molecule has 0 spiro atoms. The number of nitro groups is 1. The van der Waals surface area contributed by atoms with Crippen LogP contribution >= 0.6 is 11.3 Å². The second-order valence-corrected chi connectivity index (χ2v) is 8.33. The Morgan fingerprint density at radius 3 is 2.55 bits per heavy atom. The molecule has 0 unspecified atom stereocenters. The summed E-state index contributed by atoms with van der Waals surface area (Å²) in [6.45, 7) is 5.40. The molecule has 2 aromatic carbocycles. The van der Waals surface area contributed by atoms with Gasteiger partial charge >= 0.3 is 0 Å². The summed E-state index contributed by atoms with van der Waals surface area (Å²) in [4.78, 5) is 32.3. The first kappa shape index (κ1) is 20.9. The molecule has 8 heteroatoms. The fourth-order valence-corrected chi connectivity index (χ4v) is 4.09. The Balaban J connectivity index is 1.99. The van der Waals surface area contributed by atoms with Crippen molar-refractivity contribution in [2.75, 3.05) is 32.1 Å². The fourth-order valence-electron chi connectivity index (χ4n) is 3.02. The summed E-state index contributed by atoms with van der Waals surface area (Å²) >= 11 is 1.47. The predicted molar refractivity (Wildman–Crippen MR) is 117 cm³/mol. The van der Waals surface area contributed by atoms with Gasteiger partial charge < -0.3 is 4.90 Å². The number of carbonyl (C=O) groups excluding carboxylic acids is 1. The average molecular weight is 413 g/mol. The van der Waals surface area contributed by atoms with E-state index in [4.69, 9.17) is 4.98 Å². The van der Waals surface area contributed by atoms with E-state index in [9.17, 15) is 14.9 Å². The standard InChI is InChI=1S/C21H24N4O3S/c1-14-11-18-19(12-15(14)2)29-21(22-18)24(10-6-9-23(3)4)20(26)16-7-5-8-17(13-16)25(27)28/h5,7-8,11-13H,6,9-10H2,1-4H3. The number of hydrogen-bond acceptors (Lipinski definition) is 6. The number of anilines is 1. The molecule has 0 fully saturated rings. The van der Waals surface area contributed by atoms with Crippen LogP contribution in [0.5, 0.6) is 0 Å². The lowest BCUT2D eigenvalue weighted by atomic mass is 10.1. The molecule has 0 saturated carbocycles. The molecule has 29 heavy (non-hydrogen) atoms. The van der Waals surface area contributed by atoms with Crippen molar-refractivity contribution in [1.82, 2.24) is 9.88 Å². The van der Waals surface area contributed by atoms with E-state index in [1.54, 1.807) is 11.0 Å². The normalized spacial score (nSPS) is 11.2. The number of amides is 1. The Kier molecular flexibility index (Phi) is 6.24. The number of nitro benzene ring substituents is 1. The molecule has 0 aliphatic rings. The van der Waals surface area contributed by atoms with Crippen LogP contribution in [0, 0.1) is 24.0 Å². The molecule has 152 valence electrons. The van der Waals surface area contributed by atoms with E-state index in [0.717, 1.165) is 28.7 Å². The molecule has 0 aliphatic carbocycles. The average Bonchev–Trinajstić information content (AvgIpc) is 3.07. The third-order valence-corrected chi connectivity index (χ3v) is 5.80. The van der Waals surface area contributed by atoms with Crippen LogP contribution < -0.4 is 4.90 Å². The van der Waals surface area contributed by atoms with E-state index in [0.29, 0.717) is 11.7 Å². The molecule has 3 rings (SSSR count). The van der Waals surface area contributed by atoms with Crippen LogP contribution in [-0.4, -0.2) is 47.9 Å². The molecule has 0 radical (unpaired) electrons. The van der Waals surface area contributed by atoms with E-state index >= 15 is 0 Å². The molecule has 0 bridgehead atoms. The molecule has 0 atom stereocenters. The fraction of sp³-hybridized carbons (Fsp3) is 0.333. The predicted octanol–water partition coefficient (Wildman–Crippen LogP) is 4.42. The van der Waals surface area contributed by atoms with Crippen LogP contribution in [0.25, 0.3) is 10.2 Å². The highest BCUT2D eigenvalue weighted by Gasteiger charge is 2.23. The maximum absolute atomic E-state index is 13.3. The number of benzene rings is 2. The minimum absolute atomic E-state index is 0.0976. The van der Waals surface area contributed by atoms with Crippen molar-refractivity contribution in [1.29, 1.82) is 0 Å². The summed E-state index contributed by atoms with van der Waals surface area (Å²) in [6.07, 6.45) is 0.766. The lowest BCUT2D eigenvalue weighted by Gasteiger charge is -2.21. The lowest BCUT2D eigenvalue weighted by molar-refractivity contribution is -0.384. The van der Waals surface area contributed by atoms with Gasteiger partial charge in [0.15, 0.2) is 5.13 Å². The van der Waals surface area contributed by atoms with Gasteiger partial charge in [0.05, 0.1) is 15.1 Å². The highest BCUT2D eigenvalue weighted by Crippen LogP contribution is 2.32. The van der Waals surface area contributed by atoms with Crippen molar-refractivity contribution in [2.45, 2.75) is 20.3 Å². The van der Waals surface area contributed by atoms with E-state index < -0.39 is 4.92 Å². The molecule has 0 saturated heterocycles. The van der Waals surface area contributed by atoms with E-state index in [1.807, 2.05) is 27.1 Å². The maximum atomic E-state index is 13.3. The summed E-state index contributed by atoms with van der Waals surface area (Å²) in [5.41, 5.74) is 3.38. The summed E-state index contributed by atoms with van der Waals surface area (Å²) in [7, 11) is 3.96. The van der Waals surface area contributed by atoms with Crippen molar-refractivity contribution in [3.63, 3.8) is 0 Å². The molecule has 0 N–H and O–H groups in total. The van der Waals surface area contributed by atoms with Crippen molar-refractivity contribution in [2.24, 2.45) is 0 Å². The second-order valence-electron chi connectivity index (χ2n) is 7.32. The Hall–Kier alpha value is -2.84. The minimum Gasteiger partial charge on any atom is -0.309 e. The van der Waals surface area contributed by atoms with Gasteiger partial charge in [-0.05, 0) is 70.2 Å². The van der Waals surface area contributed by atoms with Crippen LogP contribution in [0.2, 0.25) is 0 Å². The highest BCUT2D eigenvalue weighted by atomic mass is 32.1. The zero-order valence-electron chi connectivity index (χ0n) is 17.0. The van der Waals surface area contributed by atoms with Gasteiger partial charge in [-0.2, -0.15) is 0 Å². The molecule has 1 heterocycles. The van der Waals surface area contributed by atoms with Crippen LogP contribution in [-0.2, 0) is 0 Å². The van der Waals surface area contributed by atoms with Crippen molar-refractivity contribution in [3.8, 4) is 0 Å². The number of thiazole rings is 1. The summed E-state index contributed by atoms with van der Waals surface area (Å²) in [5.74, 6) is -0.278. The number of rotatable bonds is 7. The largest absolute Gasteiger partial charge is 0.309 e. The SMILES string of the molecule is Cc1cc2nc(N(CCCN(C)C)C(=O)c3cccc([N+](=O)[O-])c3)sc2cc1C. The van der Waals surface area contributed by atoms with Gasteiger partial charge in [0, 0.05) is 24.2 Å². The number of carbonyl (C=O) groups is 1. The lowest BCUT2D eigenvalue weighted by Crippen LogP contribution is -2.33. The van der Waals surface area contributed by atoms with Crippen LogP contribution in [0.1, 0.15) is 27.9 Å². The summed E-state index contributed by atoms with van der Waals surface area (Å²) in [5, 5.41) is 11.7. The first-order valence-corrected chi connectivity index (χ1v) is 10.2. The number of hydrogen-bond donors (Lipinski definition) is 0. The Morgan fingerprint density at radius 2 is 1.86 bits per heavy atom. The number of fused-ring (bicyclic) bond motifs is 1. The Morgan fingerprint density at radius 1 is 1.14 bits per heavy atom. The summed E-state index contributed by atoms with van der Waals surface area (Å²) < 4.78 is 1.02. The summed E-state index contributed by atoms with van der Waals surface area (Å²) in [6, 6.07) is 9.96. The molecule has 1 aromatic heterocycles. The van der Waals surface area contributed by atoms with Gasteiger partial charge in [0.1, 0.15) is 0 Å². The van der Waals surface area contributed by atoms with Gasteiger partial charge in [-0.1, -0.05) is 17.4 Å². The molecule has 0 aliphatic heterocycles. The zero-order valence-corrected chi connectivity index (χ0v) is 17.8. The first-order chi connectivity index (χ1) is 13.8. The van der Waals surface area contributed by atoms with E-state index in [1.165, 1.54) is 35.1 Å². The number of aryl methyl sites for hydroxylation is 2. The molecular formula is C21H24N4O3S. The topological polar surface area (TPSA) is 79.6 Å².